The number of carbonyl (C=O) groups is 1. The van der Waals surface area contributed by atoms with Gasteiger partial charge in [0.1, 0.15) is 0 Å². The third-order valence-electron chi connectivity index (χ3n) is 5.78. The number of aromatic amines is 1. The summed E-state index contributed by atoms with van der Waals surface area (Å²) in [6.45, 7) is 0.756. The van der Waals surface area contributed by atoms with E-state index in [-0.39, 0.29) is 24.4 Å². The monoisotopic (exact) mass is 361 g/mol. The molecule has 3 N–H and O–H groups in total. The molecule has 25 heavy (non-hydrogen) atoms. The molecule has 136 valence electrons. The second-order valence-electron chi connectivity index (χ2n) is 7.36. The van der Waals surface area contributed by atoms with Crippen LogP contribution < -0.4 is 10.6 Å². The molecule has 1 aliphatic carbocycles. The Labute approximate surface area is 155 Å². The third-order valence-corrected chi connectivity index (χ3v) is 5.78. The van der Waals surface area contributed by atoms with Crippen LogP contribution in [0.2, 0.25) is 0 Å². The molecule has 1 amide bonds. The van der Waals surface area contributed by atoms with E-state index < -0.39 is 0 Å². The van der Waals surface area contributed by atoms with Crippen molar-refractivity contribution in [3.8, 4) is 0 Å². The van der Waals surface area contributed by atoms with Crippen LogP contribution >= 0.6 is 12.4 Å². The van der Waals surface area contributed by atoms with Crippen LogP contribution in [0.25, 0.3) is 10.9 Å². The highest BCUT2D eigenvalue weighted by Crippen LogP contribution is 2.33. The van der Waals surface area contributed by atoms with E-state index in [1.165, 1.54) is 42.1 Å². The van der Waals surface area contributed by atoms with Crippen molar-refractivity contribution in [3.63, 3.8) is 0 Å². The van der Waals surface area contributed by atoms with Gasteiger partial charge in [0.05, 0.1) is 6.04 Å². The molecule has 0 spiro atoms. The number of aryl methyl sites for hydroxylation is 1. The van der Waals surface area contributed by atoms with Gasteiger partial charge in [-0.05, 0) is 49.7 Å². The van der Waals surface area contributed by atoms with E-state index in [2.05, 4.69) is 46.1 Å². The average Bonchev–Trinajstić information content (AvgIpc) is 3.23. The van der Waals surface area contributed by atoms with Crippen LogP contribution in [0.15, 0.2) is 30.5 Å². The SMILES string of the molecule is Cl.O=C(NCCCc1c[nH]c2ccccc12)C1CC2CCCCC2N1. The van der Waals surface area contributed by atoms with Crippen molar-refractivity contribution in [3.05, 3.63) is 36.0 Å². The number of H-pyrrole nitrogens is 1. The summed E-state index contributed by atoms with van der Waals surface area (Å²) < 4.78 is 0. The summed E-state index contributed by atoms with van der Waals surface area (Å²) in [5.41, 5.74) is 2.53. The summed E-state index contributed by atoms with van der Waals surface area (Å²) in [7, 11) is 0. The average molecular weight is 362 g/mol. The number of aromatic nitrogens is 1. The summed E-state index contributed by atoms with van der Waals surface area (Å²) in [6.07, 6.45) is 10.3. The van der Waals surface area contributed by atoms with Crippen LogP contribution in [0.1, 0.15) is 44.1 Å². The maximum Gasteiger partial charge on any atom is 0.237 e. The highest BCUT2D eigenvalue weighted by Gasteiger charge is 2.37. The van der Waals surface area contributed by atoms with E-state index in [0.29, 0.717) is 6.04 Å². The Morgan fingerprint density at radius 2 is 2.04 bits per heavy atom. The number of para-hydroxylation sites is 1. The number of nitrogens with one attached hydrogen (secondary N) is 3. The fourth-order valence-corrected chi connectivity index (χ4v) is 4.47. The zero-order chi connectivity index (χ0) is 16.4. The second kappa shape index (κ2) is 8.24. The normalized spacial score (nSPS) is 25.4. The molecule has 0 radical (unpaired) electrons. The fraction of sp³-hybridized carbons (Fsp3) is 0.550. The van der Waals surface area contributed by atoms with Gasteiger partial charge in [-0.2, -0.15) is 0 Å². The van der Waals surface area contributed by atoms with Gasteiger partial charge in [-0.15, -0.1) is 12.4 Å². The van der Waals surface area contributed by atoms with E-state index in [1.807, 2.05) is 0 Å². The predicted octanol–water partition coefficient (Wildman–Crippen LogP) is 3.56. The largest absolute Gasteiger partial charge is 0.361 e. The van der Waals surface area contributed by atoms with Crippen molar-refractivity contribution in [1.29, 1.82) is 0 Å². The summed E-state index contributed by atoms with van der Waals surface area (Å²) in [5.74, 6) is 0.920. The zero-order valence-electron chi connectivity index (χ0n) is 14.6. The number of carbonyl (C=O) groups excluding carboxylic acids is 1. The molecule has 4 rings (SSSR count). The lowest BCUT2D eigenvalue weighted by Crippen LogP contribution is -2.43. The smallest absolute Gasteiger partial charge is 0.237 e. The van der Waals surface area contributed by atoms with Crippen LogP contribution in [-0.4, -0.2) is 29.5 Å². The number of rotatable bonds is 5. The lowest BCUT2D eigenvalue weighted by atomic mass is 9.85. The molecular formula is C20H28ClN3O. The summed E-state index contributed by atoms with van der Waals surface area (Å²) in [4.78, 5) is 15.7. The van der Waals surface area contributed by atoms with Crippen LogP contribution in [0.5, 0.6) is 0 Å². The van der Waals surface area contributed by atoms with Gasteiger partial charge in [0.25, 0.3) is 0 Å². The quantitative estimate of drug-likeness (QED) is 0.713. The van der Waals surface area contributed by atoms with Crippen molar-refractivity contribution in [2.45, 2.75) is 57.0 Å². The molecule has 1 aliphatic heterocycles. The van der Waals surface area contributed by atoms with Crippen LogP contribution in [0, 0.1) is 5.92 Å². The Morgan fingerprint density at radius 3 is 2.92 bits per heavy atom. The van der Waals surface area contributed by atoms with Crippen LogP contribution in [-0.2, 0) is 11.2 Å². The Balaban J connectivity index is 0.00000182. The highest BCUT2D eigenvalue weighted by molar-refractivity contribution is 5.85. The molecule has 4 nitrogen and oxygen atoms in total. The molecule has 2 heterocycles. The molecule has 1 saturated carbocycles. The van der Waals surface area contributed by atoms with Gasteiger partial charge >= 0.3 is 0 Å². The summed E-state index contributed by atoms with van der Waals surface area (Å²) in [6, 6.07) is 9.00. The van der Waals surface area contributed by atoms with Gasteiger partial charge < -0.3 is 15.6 Å². The molecule has 3 atom stereocenters. The first kappa shape index (κ1) is 18.3. The lowest BCUT2D eigenvalue weighted by Gasteiger charge is -2.24. The zero-order valence-corrected chi connectivity index (χ0v) is 15.4. The van der Waals surface area contributed by atoms with Gasteiger partial charge in [0.15, 0.2) is 0 Å². The molecule has 0 bridgehead atoms. The van der Waals surface area contributed by atoms with Crippen molar-refractivity contribution in [2.75, 3.05) is 6.54 Å². The van der Waals surface area contributed by atoms with Gasteiger partial charge in [-0.3, -0.25) is 4.79 Å². The maximum atomic E-state index is 12.4. The van der Waals surface area contributed by atoms with E-state index >= 15 is 0 Å². The van der Waals surface area contributed by atoms with Gasteiger partial charge in [0, 0.05) is 29.7 Å². The standard InChI is InChI=1S/C20H27N3O.ClH/c24-20(19-12-14-6-1-3-9-17(14)23-19)21-11-5-7-15-13-22-18-10-4-2-8-16(15)18;/h2,4,8,10,13-14,17,19,22-23H,1,3,5-7,9,11-12H2,(H,21,24);1H. The molecule has 5 heteroatoms. The van der Waals surface area contributed by atoms with Gasteiger partial charge in [-0.1, -0.05) is 31.0 Å². The van der Waals surface area contributed by atoms with E-state index in [9.17, 15) is 4.79 Å². The summed E-state index contributed by atoms with van der Waals surface area (Å²) in [5, 5.41) is 7.98. The molecule has 1 aromatic carbocycles. The number of fused-ring (bicyclic) bond motifs is 2. The van der Waals surface area contributed by atoms with Gasteiger partial charge in [0.2, 0.25) is 5.91 Å². The van der Waals surface area contributed by atoms with Crippen molar-refractivity contribution < 1.29 is 4.79 Å². The molecule has 3 unspecified atom stereocenters. The van der Waals surface area contributed by atoms with Crippen molar-refractivity contribution in [1.82, 2.24) is 15.6 Å². The number of benzene rings is 1. The number of hydrogen-bond donors (Lipinski definition) is 3. The fourth-order valence-electron chi connectivity index (χ4n) is 4.47. The molecular weight excluding hydrogens is 334 g/mol. The maximum absolute atomic E-state index is 12.4. The molecule has 1 aromatic heterocycles. The highest BCUT2D eigenvalue weighted by atomic mass is 35.5. The molecule has 2 aromatic rings. The van der Waals surface area contributed by atoms with Crippen molar-refractivity contribution >= 4 is 29.2 Å². The third kappa shape index (κ3) is 4.01. The Hall–Kier alpha value is -1.52. The van der Waals surface area contributed by atoms with Gasteiger partial charge in [-0.25, -0.2) is 0 Å². The molecule has 1 saturated heterocycles. The Morgan fingerprint density at radius 1 is 1.20 bits per heavy atom. The Kier molecular flexibility index (Phi) is 6.02. The van der Waals surface area contributed by atoms with Crippen LogP contribution in [0.3, 0.4) is 0 Å². The first-order valence-electron chi connectivity index (χ1n) is 9.40. The molecule has 2 fully saturated rings. The van der Waals surface area contributed by atoms with E-state index in [1.54, 1.807) is 0 Å². The van der Waals surface area contributed by atoms with E-state index in [4.69, 9.17) is 0 Å². The van der Waals surface area contributed by atoms with Crippen molar-refractivity contribution in [2.24, 2.45) is 5.92 Å². The number of hydrogen-bond acceptors (Lipinski definition) is 2. The minimum Gasteiger partial charge on any atom is -0.361 e. The first-order valence-corrected chi connectivity index (χ1v) is 9.40. The second-order valence-corrected chi connectivity index (χ2v) is 7.36. The summed E-state index contributed by atoms with van der Waals surface area (Å²) >= 11 is 0. The Bertz CT molecular complexity index is 700. The van der Waals surface area contributed by atoms with Crippen LogP contribution in [0.4, 0.5) is 0 Å². The first-order chi connectivity index (χ1) is 11.8. The number of amides is 1. The number of halogens is 1. The topological polar surface area (TPSA) is 56.9 Å². The minimum atomic E-state index is 0. The lowest BCUT2D eigenvalue weighted by molar-refractivity contribution is -0.122. The van der Waals surface area contributed by atoms with E-state index in [0.717, 1.165) is 31.7 Å². The minimum absolute atomic E-state index is 0. The predicted molar refractivity (Wildman–Crippen MR) is 104 cm³/mol. The molecule has 2 aliphatic rings.